The first kappa shape index (κ1) is 35.6. The van der Waals surface area contributed by atoms with Gasteiger partial charge in [0.15, 0.2) is 0 Å². The Morgan fingerprint density at radius 3 is 2.19 bits per heavy atom. The number of pyridine rings is 1. The molecule has 0 aliphatic carbocycles. The first-order valence-electron chi connectivity index (χ1n) is 21.3. The monoisotopic (exact) mass is 942 g/mol. The van der Waals surface area contributed by atoms with Gasteiger partial charge in [-0.05, 0) is 107 Å². The number of nitrogens with zero attached hydrogens (tertiary/aromatic N) is 3. The van der Waals surface area contributed by atoms with Crippen LogP contribution >= 0.6 is 0 Å². The second-order valence-electron chi connectivity index (χ2n) is 16.1. The van der Waals surface area contributed by atoms with Gasteiger partial charge < -0.3 is 4.74 Å². The van der Waals surface area contributed by atoms with E-state index in [0.717, 1.165) is 83.5 Å². The molecule has 0 saturated heterocycles. The summed E-state index contributed by atoms with van der Waals surface area (Å²) in [6.07, 6.45) is 1.84. The summed E-state index contributed by atoms with van der Waals surface area (Å²) < 4.78 is 41.9. The Bertz CT molecular complexity index is 2920. The van der Waals surface area contributed by atoms with Crippen molar-refractivity contribution in [1.82, 2.24) is 14.5 Å². The largest absolute Gasteiger partial charge is 2.00 e. The maximum absolute atomic E-state index is 8.52. The van der Waals surface area contributed by atoms with Crippen LogP contribution in [0.2, 0.25) is 0 Å². The van der Waals surface area contributed by atoms with Crippen LogP contribution in [-0.4, -0.2) is 14.5 Å². The van der Waals surface area contributed by atoms with Crippen LogP contribution in [0.3, 0.4) is 0 Å². The molecule has 6 aromatic carbocycles. The van der Waals surface area contributed by atoms with E-state index in [1.54, 1.807) is 12.1 Å². The molecule has 8 rings (SSSR count). The van der Waals surface area contributed by atoms with Crippen molar-refractivity contribution in [3.8, 4) is 67.5 Å². The van der Waals surface area contributed by atoms with Crippen molar-refractivity contribution in [3.63, 3.8) is 0 Å². The van der Waals surface area contributed by atoms with Gasteiger partial charge >= 0.3 is 21.1 Å². The predicted octanol–water partition coefficient (Wildman–Crippen LogP) is 14.1. The summed E-state index contributed by atoms with van der Waals surface area (Å²) in [7, 11) is 3.83. The van der Waals surface area contributed by atoms with Crippen LogP contribution in [0.1, 0.15) is 73.8 Å². The minimum Gasteiger partial charge on any atom is -0.665 e. The molecule has 0 saturated carbocycles. The van der Waals surface area contributed by atoms with Crippen LogP contribution in [0.15, 0.2) is 134 Å². The summed E-state index contributed by atoms with van der Waals surface area (Å²) in [5, 5.41) is 0. The van der Waals surface area contributed by atoms with E-state index in [1.807, 2.05) is 111 Å². The molecule has 0 fully saturated rings. The fraction of sp³-hybridized carbons (Fsp3) is 0.189. The summed E-state index contributed by atoms with van der Waals surface area (Å²) in [4.78, 5) is 10.3. The van der Waals surface area contributed by atoms with Crippen LogP contribution in [0.5, 0.6) is 5.75 Å². The van der Waals surface area contributed by atoms with Gasteiger partial charge in [-0.2, -0.15) is 7.11 Å². The van der Waals surface area contributed by atoms with E-state index < -0.39 is 12.7 Å². The number of ether oxygens (including phenoxy) is 1. The van der Waals surface area contributed by atoms with Gasteiger partial charge in [0.05, 0.1) is 22.3 Å². The van der Waals surface area contributed by atoms with E-state index in [9.17, 15) is 0 Å². The molecule has 8 aromatic rings. The zero-order valence-corrected chi connectivity index (χ0v) is 36.2. The van der Waals surface area contributed by atoms with Gasteiger partial charge in [0.25, 0.3) is 0 Å². The van der Waals surface area contributed by atoms with Crippen molar-refractivity contribution in [1.29, 1.82) is 0 Å². The number of rotatable bonds is 8. The SMILES string of the molecule is [2H]C([2H])([2H])c1cc(-c2ccccc2)cc(-n2c(-c3cc(C)cc(C)c3O[CH2-])nc3c(-c4[c-]c(-c5cc(-c6ccc(C([2H])(C)C)cc6)ccn5)cc(C(C)(C)C)c4)cccc32)c1.[Pt+2]. The number of hydrogen-bond acceptors (Lipinski definition) is 3. The second kappa shape index (κ2) is 16.4. The van der Waals surface area contributed by atoms with Crippen molar-refractivity contribution in [2.24, 2.45) is 0 Å². The molecule has 5 heteroatoms. The van der Waals surface area contributed by atoms with Crippen LogP contribution in [0.25, 0.3) is 72.7 Å². The number of aryl methyl sites for hydroxylation is 3. The van der Waals surface area contributed by atoms with Crippen LogP contribution in [0.4, 0.5) is 0 Å². The normalized spacial score (nSPS) is 13.0. The molecule has 2 aromatic heterocycles. The molecule has 0 aliphatic heterocycles. The minimum atomic E-state index is -2.37. The number of fused-ring (bicyclic) bond motifs is 1. The molecule has 0 atom stereocenters. The van der Waals surface area contributed by atoms with Gasteiger partial charge in [-0.25, -0.2) is 4.98 Å². The summed E-state index contributed by atoms with van der Waals surface area (Å²) in [6, 6.07) is 46.0. The maximum Gasteiger partial charge on any atom is 2.00 e. The minimum absolute atomic E-state index is 0. The van der Waals surface area contributed by atoms with Gasteiger partial charge in [0.1, 0.15) is 5.82 Å². The number of hydrogen-bond donors (Lipinski definition) is 0. The van der Waals surface area contributed by atoms with Crippen LogP contribution in [0, 0.1) is 33.9 Å². The maximum atomic E-state index is 8.52. The van der Waals surface area contributed by atoms with Crippen molar-refractivity contribution in [3.05, 3.63) is 175 Å². The van der Waals surface area contributed by atoms with Gasteiger partial charge in [-0.15, -0.1) is 29.3 Å². The smallest absolute Gasteiger partial charge is 0.665 e. The summed E-state index contributed by atoms with van der Waals surface area (Å²) >= 11 is 0. The summed E-state index contributed by atoms with van der Waals surface area (Å²) in [6.45, 7) is 12.0. The third-order valence-corrected chi connectivity index (χ3v) is 10.6. The summed E-state index contributed by atoms with van der Waals surface area (Å²) in [5.74, 6) is 0.498. The quantitative estimate of drug-likeness (QED) is 0.143. The molecule has 4 nitrogen and oxygen atoms in total. The van der Waals surface area contributed by atoms with Crippen molar-refractivity contribution < 1.29 is 31.3 Å². The molecule has 58 heavy (non-hydrogen) atoms. The molecular formula is C53H49N3OPt. The van der Waals surface area contributed by atoms with E-state index >= 15 is 0 Å². The number of para-hydroxylation sites is 1. The topological polar surface area (TPSA) is 39.9 Å². The molecule has 292 valence electrons. The molecular weight excluding hydrogens is 890 g/mol. The number of aromatic nitrogens is 3. The third kappa shape index (κ3) is 7.96. The molecule has 0 unspecified atom stereocenters. The first-order chi connectivity index (χ1) is 28.9. The van der Waals surface area contributed by atoms with Crippen LogP contribution < -0.4 is 4.74 Å². The first-order valence-corrected chi connectivity index (χ1v) is 19.3. The zero-order valence-electron chi connectivity index (χ0n) is 38.0. The number of imidazole rings is 1. The standard InChI is InChI=1S/C53H49N3O.Pt/c1-33(2)37-18-20-39(21-19-37)40-22-23-54-48(32-40)43-28-42(29-44(30-43)53(6,7)8)46-16-13-17-49-50(46)55-52(47-27-34(3)24-36(5)51(47)57-9)56(49)45-26-35(4)25-41(31-45)38-14-11-10-12-15-38;/h10-27,29-33H,9H2,1-8H3;/q-2;+2/i4D3,33D;. The van der Waals surface area contributed by atoms with E-state index in [1.165, 1.54) is 0 Å². The number of benzene rings is 6. The molecule has 0 aliphatic rings. The fourth-order valence-electron chi connectivity index (χ4n) is 7.65. The van der Waals surface area contributed by atoms with E-state index in [0.29, 0.717) is 17.3 Å². The second-order valence-corrected chi connectivity index (χ2v) is 16.1. The Hall–Kier alpha value is -5.57. The predicted molar refractivity (Wildman–Crippen MR) is 238 cm³/mol. The van der Waals surface area contributed by atoms with Crippen molar-refractivity contribution in [2.75, 3.05) is 0 Å². The Labute approximate surface area is 363 Å². The molecule has 0 bridgehead atoms. The Kier molecular flexibility index (Phi) is 10.0. The summed E-state index contributed by atoms with van der Waals surface area (Å²) in [5.41, 5.74) is 14.0. The van der Waals surface area contributed by atoms with Gasteiger partial charge in [-0.1, -0.05) is 131 Å². The fourth-order valence-corrected chi connectivity index (χ4v) is 7.65. The zero-order chi connectivity index (χ0) is 43.4. The molecule has 0 N–H and O–H groups in total. The molecule has 2 heterocycles. The Morgan fingerprint density at radius 2 is 1.48 bits per heavy atom. The van der Waals surface area contributed by atoms with Crippen LogP contribution in [-0.2, 0) is 26.5 Å². The average molecular weight is 943 g/mol. The molecule has 0 amide bonds. The average Bonchev–Trinajstić information content (AvgIpc) is 3.62. The Morgan fingerprint density at radius 1 is 0.741 bits per heavy atom. The van der Waals surface area contributed by atoms with Crippen molar-refractivity contribution in [2.45, 2.75) is 66.6 Å². The Balaban J connectivity index is 0.00000578. The molecule has 0 radical (unpaired) electrons. The van der Waals surface area contributed by atoms with Gasteiger partial charge in [-0.3, -0.25) is 9.55 Å². The van der Waals surface area contributed by atoms with E-state index in [4.69, 9.17) is 20.2 Å². The van der Waals surface area contributed by atoms with E-state index in [2.05, 4.69) is 76.4 Å². The van der Waals surface area contributed by atoms with Gasteiger partial charge in [0, 0.05) is 23.1 Å². The van der Waals surface area contributed by atoms with Gasteiger partial charge in [0.2, 0.25) is 0 Å². The van der Waals surface area contributed by atoms with Crippen molar-refractivity contribution >= 4 is 11.0 Å². The van der Waals surface area contributed by atoms with E-state index in [-0.39, 0.29) is 32.0 Å². The molecule has 0 spiro atoms. The third-order valence-electron chi connectivity index (χ3n) is 10.6.